The summed E-state index contributed by atoms with van der Waals surface area (Å²) in [7, 11) is 4.11. The van der Waals surface area contributed by atoms with Gasteiger partial charge in [-0.3, -0.25) is 0 Å². The fourth-order valence-electron chi connectivity index (χ4n) is 3.35. The molecule has 0 aliphatic heterocycles. The Labute approximate surface area is 113 Å². The number of rotatable bonds is 3. The fourth-order valence-corrected chi connectivity index (χ4v) is 3.35. The summed E-state index contributed by atoms with van der Waals surface area (Å²) < 4.78 is 5.84. The normalized spacial score (nSPS) is 20.2. The molecule has 3 heteroatoms. The number of hydrogen-bond acceptors (Lipinski definition) is 3. The van der Waals surface area contributed by atoms with E-state index in [0.717, 1.165) is 23.8 Å². The van der Waals surface area contributed by atoms with Crippen molar-refractivity contribution in [2.45, 2.75) is 37.3 Å². The number of hydrogen-bond donors (Lipinski definition) is 1. The standard InChI is InChI=1S/C16H21NO2/c1-17(2)16(9-5-6-10-16)15(18)14-11-12-7-3-4-8-13(12)19-14/h3-4,7-8,11,15,18H,5-6,9-10H2,1-2H3. The Balaban J connectivity index is 2.00. The second kappa shape index (κ2) is 4.66. The Morgan fingerprint density at radius 1 is 1.21 bits per heavy atom. The molecule has 1 saturated carbocycles. The van der Waals surface area contributed by atoms with Gasteiger partial charge in [-0.1, -0.05) is 31.0 Å². The minimum atomic E-state index is -0.558. The van der Waals surface area contributed by atoms with E-state index in [1.807, 2.05) is 30.3 Å². The Kier molecular flexibility index (Phi) is 3.11. The van der Waals surface area contributed by atoms with E-state index in [4.69, 9.17) is 4.42 Å². The monoisotopic (exact) mass is 259 g/mol. The minimum Gasteiger partial charge on any atom is -0.458 e. The average molecular weight is 259 g/mol. The van der Waals surface area contributed by atoms with Gasteiger partial charge < -0.3 is 14.4 Å². The third kappa shape index (κ3) is 1.97. The van der Waals surface area contributed by atoms with Crippen LogP contribution >= 0.6 is 0 Å². The van der Waals surface area contributed by atoms with E-state index in [0.29, 0.717) is 5.76 Å². The molecule has 1 aromatic heterocycles. The first-order valence-corrected chi connectivity index (χ1v) is 6.97. The molecule has 1 N–H and O–H groups in total. The fraction of sp³-hybridized carbons (Fsp3) is 0.500. The highest BCUT2D eigenvalue weighted by Crippen LogP contribution is 2.44. The van der Waals surface area contributed by atoms with Gasteiger partial charge >= 0.3 is 0 Å². The third-order valence-electron chi connectivity index (χ3n) is 4.58. The van der Waals surface area contributed by atoms with Gasteiger partial charge in [0, 0.05) is 5.39 Å². The zero-order chi connectivity index (χ0) is 13.5. The van der Waals surface area contributed by atoms with Crippen LogP contribution in [0.3, 0.4) is 0 Å². The van der Waals surface area contributed by atoms with Crippen molar-refractivity contribution in [3.05, 3.63) is 36.1 Å². The van der Waals surface area contributed by atoms with Crippen LogP contribution in [0.4, 0.5) is 0 Å². The van der Waals surface area contributed by atoms with Gasteiger partial charge in [-0.25, -0.2) is 0 Å². The van der Waals surface area contributed by atoms with E-state index < -0.39 is 6.10 Å². The molecule has 3 nitrogen and oxygen atoms in total. The van der Waals surface area contributed by atoms with Crippen LogP contribution in [-0.4, -0.2) is 29.6 Å². The Bertz CT molecular complexity index is 534. The van der Waals surface area contributed by atoms with E-state index >= 15 is 0 Å². The van der Waals surface area contributed by atoms with Crippen LogP contribution in [0, 0.1) is 0 Å². The molecule has 1 aliphatic rings. The van der Waals surface area contributed by atoms with Crippen LogP contribution in [0.15, 0.2) is 34.7 Å². The molecule has 0 saturated heterocycles. The molecule has 102 valence electrons. The summed E-state index contributed by atoms with van der Waals surface area (Å²) in [5.41, 5.74) is 0.678. The molecule has 2 aromatic rings. The highest BCUT2D eigenvalue weighted by Gasteiger charge is 2.44. The molecule has 3 rings (SSSR count). The predicted molar refractivity (Wildman–Crippen MR) is 76.1 cm³/mol. The van der Waals surface area contributed by atoms with Crippen LogP contribution < -0.4 is 0 Å². The van der Waals surface area contributed by atoms with Crippen LogP contribution in [0.25, 0.3) is 11.0 Å². The predicted octanol–water partition coefficient (Wildman–Crippen LogP) is 3.34. The highest BCUT2D eigenvalue weighted by atomic mass is 16.4. The molecule has 1 aromatic carbocycles. The van der Waals surface area contributed by atoms with Crippen molar-refractivity contribution in [1.82, 2.24) is 4.90 Å². The van der Waals surface area contributed by atoms with Crippen LogP contribution in [0.2, 0.25) is 0 Å². The summed E-state index contributed by atoms with van der Waals surface area (Å²) in [5, 5.41) is 11.9. The van der Waals surface area contributed by atoms with Gasteiger partial charge in [0.1, 0.15) is 17.4 Å². The molecule has 1 fully saturated rings. The lowest BCUT2D eigenvalue weighted by Crippen LogP contribution is -2.46. The number of aliphatic hydroxyl groups is 1. The second-order valence-corrected chi connectivity index (χ2v) is 5.79. The van der Waals surface area contributed by atoms with Crippen molar-refractivity contribution in [2.24, 2.45) is 0 Å². The van der Waals surface area contributed by atoms with Gasteiger partial charge in [0.25, 0.3) is 0 Å². The molecule has 1 atom stereocenters. The van der Waals surface area contributed by atoms with Crippen LogP contribution in [0.1, 0.15) is 37.5 Å². The number of benzene rings is 1. The zero-order valence-corrected chi connectivity index (χ0v) is 11.6. The first-order chi connectivity index (χ1) is 9.13. The minimum absolute atomic E-state index is 0.173. The maximum Gasteiger partial charge on any atom is 0.135 e. The molecule has 1 unspecified atom stereocenters. The lowest BCUT2D eigenvalue weighted by atomic mass is 9.87. The van der Waals surface area contributed by atoms with Crippen LogP contribution in [-0.2, 0) is 0 Å². The summed E-state index contributed by atoms with van der Waals surface area (Å²) >= 11 is 0. The lowest BCUT2D eigenvalue weighted by molar-refractivity contribution is -0.0163. The van der Waals surface area contributed by atoms with Crippen molar-refractivity contribution in [1.29, 1.82) is 0 Å². The maximum absolute atomic E-state index is 10.8. The molecule has 19 heavy (non-hydrogen) atoms. The molecule has 1 heterocycles. The molecule has 1 aliphatic carbocycles. The summed E-state index contributed by atoms with van der Waals surface area (Å²) in [5.74, 6) is 0.691. The SMILES string of the molecule is CN(C)C1(C(O)c2cc3ccccc3o2)CCCC1. The molecule has 0 bridgehead atoms. The summed E-state index contributed by atoms with van der Waals surface area (Å²) in [4.78, 5) is 2.16. The lowest BCUT2D eigenvalue weighted by Gasteiger charge is -2.39. The Morgan fingerprint density at radius 2 is 1.89 bits per heavy atom. The topological polar surface area (TPSA) is 36.6 Å². The number of aliphatic hydroxyl groups excluding tert-OH is 1. The molecule has 0 radical (unpaired) electrons. The van der Waals surface area contributed by atoms with E-state index in [9.17, 15) is 5.11 Å². The van der Waals surface area contributed by atoms with E-state index in [1.54, 1.807) is 0 Å². The highest BCUT2D eigenvalue weighted by molar-refractivity contribution is 5.77. The van der Waals surface area contributed by atoms with Crippen LogP contribution in [0.5, 0.6) is 0 Å². The zero-order valence-electron chi connectivity index (χ0n) is 11.6. The van der Waals surface area contributed by atoms with Crippen molar-refractivity contribution in [3.8, 4) is 0 Å². The summed E-state index contributed by atoms with van der Waals surface area (Å²) in [6.07, 6.45) is 3.85. The van der Waals surface area contributed by atoms with Crippen molar-refractivity contribution in [3.63, 3.8) is 0 Å². The van der Waals surface area contributed by atoms with Crippen molar-refractivity contribution < 1.29 is 9.52 Å². The van der Waals surface area contributed by atoms with Gasteiger partial charge in [0.2, 0.25) is 0 Å². The summed E-state index contributed by atoms with van der Waals surface area (Å²) in [6, 6.07) is 9.89. The van der Waals surface area contributed by atoms with Crippen molar-refractivity contribution >= 4 is 11.0 Å². The van der Waals surface area contributed by atoms with Crippen molar-refractivity contribution in [2.75, 3.05) is 14.1 Å². The first-order valence-electron chi connectivity index (χ1n) is 6.97. The van der Waals surface area contributed by atoms with E-state index in [2.05, 4.69) is 19.0 Å². The van der Waals surface area contributed by atoms with E-state index in [-0.39, 0.29) is 5.54 Å². The van der Waals surface area contributed by atoms with Gasteiger partial charge in [0.15, 0.2) is 0 Å². The van der Waals surface area contributed by atoms with Gasteiger partial charge in [0.05, 0.1) is 5.54 Å². The Morgan fingerprint density at radius 3 is 2.53 bits per heavy atom. The van der Waals surface area contributed by atoms with Gasteiger partial charge in [-0.05, 0) is 39.1 Å². The van der Waals surface area contributed by atoms with Gasteiger partial charge in [-0.15, -0.1) is 0 Å². The molecular weight excluding hydrogens is 238 g/mol. The number of nitrogens with zero attached hydrogens (tertiary/aromatic N) is 1. The maximum atomic E-state index is 10.8. The Hall–Kier alpha value is -1.32. The number of para-hydroxylation sites is 1. The summed E-state index contributed by atoms with van der Waals surface area (Å²) in [6.45, 7) is 0. The number of furan rings is 1. The van der Waals surface area contributed by atoms with E-state index in [1.165, 1.54) is 12.8 Å². The van der Waals surface area contributed by atoms with Gasteiger partial charge in [-0.2, -0.15) is 0 Å². The molecule has 0 amide bonds. The molecule has 0 spiro atoms. The smallest absolute Gasteiger partial charge is 0.135 e. The second-order valence-electron chi connectivity index (χ2n) is 5.79. The average Bonchev–Trinajstić information content (AvgIpc) is 3.05. The molecular formula is C16H21NO2. The first kappa shape index (κ1) is 12.7. The largest absolute Gasteiger partial charge is 0.458 e. The third-order valence-corrected chi connectivity index (χ3v) is 4.58. The number of likely N-dealkylation sites (N-methyl/N-ethyl adjacent to an activating group) is 1. The number of fused-ring (bicyclic) bond motifs is 1. The quantitative estimate of drug-likeness (QED) is 0.918.